The van der Waals surface area contributed by atoms with Gasteiger partial charge in [0, 0.05) is 18.3 Å². The average molecular weight is 250 g/mol. The van der Waals surface area contributed by atoms with Crippen molar-refractivity contribution in [3.63, 3.8) is 0 Å². The van der Waals surface area contributed by atoms with Crippen molar-refractivity contribution in [1.29, 1.82) is 0 Å². The van der Waals surface area contributed by atoms with Gasteiger partial charge >= 0.3 is 5.97 Å². The van der Waals surface area contributed by atoms with E-state index in [2.05, 4.69) is 10.6 Å². The third-order valence-electron chi connectivity index (χ3n) is 2.23. The maximum Gasteiger partial charge on any atom is 0.328 e. The standard InChI is InChI=1S/C13H18N2O3/c1-4-18-13(17)9(2)14-11-5-7-12(8-6-11)15-10(3)16/h5-9,14H,4H2,1-3H3,(H,15,16). The molecule has 0 aliphatic heterocycles. The Kier molecular flexibility index (Phi) is 5.17. The fourth-order valence-electron chi connectivity index (χ4n) is 1.43. The fourth-order valence-corrected chi connectivity index (χ4v) is 1.43. The van der Waals surface area contributed by atoms with Crippen LogP contribution in [-0.2, 0) is 14.3 Å². The molecule has 5 nitrogen and oxygen atoms in total. The number of hydrogen-bond acceptors (Lipinski definition) is 4. The Labute approximate surface area is 107 Å². The second-order valence-electron chi connectivity index (χ2n) is 3.88. The minimum absolute atomic E-state index is 0.115. The Bertz CT molecular complexity index is 415. The summed E-state index contributed by atoms with van der Waals surface area (Å²) in [5.41, 5.74) is 1.52. The molecule has 0 saturated heterocycles. The Balaban J connectivity index is 2.58. The van der Waals surface area contributed by atoms with Gasteiger partial charge in [-0.3, -0.25) is 4.79 Å². The third-order valence-corrected chi connectivity index (χ3v) is 2.23. The first kappa shape index (κ1) is 14.0. The summed E-state index contributed by atoms with van der Waals surface area (Å²) in [4.78, 5) is 22.3. The van der Waals surface area contributed by atoms with Gasteiger partial charge in [0.2, 0.25) is 5.91 Å². The molecule has 5 heteroatoms. The second-order valence-corrected chi connectivity index (χ2v) is 3.88. The van der Waals surface area contributed by atoms with Crippen LogP contribution in [-0.4, -0.2) is 24.5 Å². The number of ether oxygens (including phenoxy) is 1. The van der Waals surface area contributed by atoms with Crippen LogP contribution < -0.4 is 10.6 Å². The predicted molar refractivity (Wildman–Crippen MR) is 70.5 cm³/mol. The molecule has 0 saturated carbocycles. The van der Waals surface area contributed by atoms with Gasteiger partial charge < -0.3 is 15.4 Å². The van der Waals surface area contributed by atoms with Gasteiger partial charge in [-0.1, -0.05) is 0 Å². The maximum atomic E-state index is 11.4. The molecule has 0 spiro atoms. The van der Waals surface area contributed by atoms with E-state index < -0.39 is 6.04 Å². The van der Waals surface area contributed by atoms with Crippen LogP contribution in [0.4, 0.5) is 11.4 Å². The predicted octanol–water partition coefficient (Wildman–Crippen LogP) is 2.01. The van der Waals surface area contributed by atoms with Crippen molar-refractivity contribution in [1.82, 2.24) is 0 Å². The van der Waals surface area contributed by atoms with E-state index in [0.29, 0.717) is 6.61 Å². The van der Waals surface area contributed by atoms with Crippen molar-refractivity contribution < 1.29 is 14.3 Å². The normalized spacial score (nSPS) is 11.5. The Morgan fingerprint density at radius 1 is 1.22 bits per heavy atom. The van der Waals surface area contributed by atoms with Crippen LogP contribution in [0.5, 0.6) is 0 Å². The number of nitrogens with one attached hydrogen (secondary N) is 2. The van der Waals surface area contributed by atoms with Crippen molar-refractivity contribution in [3.05, 3.63) is 24.3 Å². The Morgan fingerprint density at radius 3 is 2.28 bits per heavy atom. The van der Waals surface area contributed by atoms with Gasteiger partial charge in [0.25, 0.3) is 0 Å². The zero-order chi connectivity index (χ0) is 13.5. The van der Waals surface area contributed by atoms with E-state index in [-0.39, 0.29) is 11.9 Å². The second kappa shape index (κ2) is 6.64. The summed E-state index contributed by atoms with van der Waals surface area (Å²) < 4.78 is 4.89. The molecule has 0 bridgehead atoms. The van der Waals surface area contributed by atoms with Gasteiger partial charge in [-0.2, -0.15) is 0 Å². The molecule has 0 heterocycles. The largest absolute Gasteiger partial charge is 0.464 e. The quantitative estimate of drug-likeness (QED) is 0.784. The molecular formula is C13H18N2O3. The summed E-state index contributed by atoms with van der Waals surface area (Å²) in [6.07, 6.45) is 0. The molecule has 0 radical (unpaired) electrons. The number of rotatable bonds is 5. The first-order valence-electron chi connectivity index (χ1n) is 5.83. The third kappa shape index (κ3) is 4.45. The molecule has 1 atom stereocenters. The number of anilines is 2. The molecule has 18 heavy (non-hydrogen) atoms. The van der Waals surface area contributed by atoms with Gasteiger partial charge in [0.1, 0.15) is 6.04 Å². The molecular weight excluding hydrogens is 232 g/mol. The summed E-state index contributed by atoms with van der Waals surface area (Å²) in [6, 6.07) is 6.71. The molecule has 1 aromatic carbocycles. The molecule has 1 rings (SSSR count). The van der Waals surface area contributed by atoms with Gasteiger partial charge in [0.15, 0.2) is 0 Å². The molecule has 1 amide bonds. The zero-order valence-corrected chi connectivity index (χ0v) is 10.8. The number of amides is 1. The van der Waals surface area contributed by atoms with E-state index in [1.165, 1.54) is 6.92 Å². The molecule has 0 aliphatic carbocycles. The van der Waals surface area contributed by atoms with E-state index in [1.54, 1.807) is 38.1 Å². The molecule has 0 aromatic heterocycles. The minimum Gasteiger partial charge on any atom is -0.464 e. The molecule has 0 fully saturated rings. The molecule has 2 N–H and O–H groups in total. The smallest absolute Gasteiger partial charge is 0.328 e. The van der Waals surface area contributed by atoms with Gasteiger partial charge in [0.05, 0.1) is 6.61 Å². The van der Waals surface area contributed by atoms with Gasteiger partial charge in [-0.15, -0.1) is 0 Å². The molecule has 1 aromatic rings. The highest BCUT2D eigenvalue weighted by Crippen LogP contribution is 2.14. The number of hydrogen-bond donors (Lipinski definition) is 2. The van der Waals surface area contributed by atoms with Crippen molar-refractivity contribution in [2.24, 2.45) is 0 Å². The van der Waals surface area contributed by atoms with Gasteiger partial charge in [-0.25, -0.2) is 4.79 Å². The van der Waals surface area contributed by atoms with Crippen molar-refractivity contribution in [2.45, 2.75) is 26.8 Å². The lowest BCUT2D eigenvalue weighted by Crippen LogP contribution is -2.28. The van der Waals surface area contributed by atoms with E-state index in [0.717, 1.165) is 11.4 Å². The van der Waals surface area contributed by atoms with Crippen molar-refractivity contribution in [2.75, 3.05) is 17.2 Å². The SMILES string of the molecule is CCOC(=O)C(C)Nc1ccc(NC(C)=O)cc1. The summed E-state index contributed by atoms with van der Waals surface area (Å²) in [5, 5.41) is 5.69. The minimum atomic E-state index is -0.406. The number of benzene rings is 1. The van der Waals surface area contributed by atoms with Crippen LogP contribution in [0.3, 0.4) is 0 Å². The van der Waals surface area contributed by atoms with Crippen LogP contribution in [0.25, 0.3) is 0 Å². The zero-order valence-electron chi connectivity index (χ0n) is 10.8. The average Bonchev–Trinajstić information content (AvgIpc) is 2.31. The monoisotopic (exact) mass is 250 g/mol. The lowest BCUT2D eigenvalue weighted by molar-refractivity contribution is -0.143. The number of esters is 1. The fraction of sp³-hybridized carbons (Fsp3) is 0.385. The number of carbonyl (C=O) groups is 2. The molecule has 0 aliphatic rings. The lowest BCUT2D eigenvalue weighted by Gasteiger charge is -2.14. The van der Waals surface area contributed by atoms with Crippen LogP contribution in [0.1, 0.15) is 20.8 Å². The number of carbonyl (C=O) groups excluding carboxylic acids is 2. The highest BCUT2D eigenvalue weighted by Gasteiger charge is 2.12. The summed E-state index contributed by atoms with van der Waals surface area (Å²) in [6.45, 7) is 5.33. The molecule has 98 valence electrons. The van der Waals surface area contributed by atoms with Crippen LogP contribution >= 0.6 is 0 Å². The van der Waals surface area contributed by atoms with E-state index in [4.69, 9.17) is 4.74 Å². The topological polar surface area (TPSA) is 67.4 Å². The Hall–Kier alpha value is -2.04. The highest BCUT2D eigenvalue weighted by molar-refractivity contribution is 5.88. The maximum absolute atomic E-state index is 11.4. The van der Waals surface area contributed by atoms with E-state index in [1.807, 2.05) is 0 Å². The first-order chi connectivity index (χ1) is 8.52. The highest BCUT2D eigenvalue weighted by atomic mass is 16.5. The van der Waals surface area contributed by atoms with Crippen LogP contribution in [0, 0.1) is 0 Å². The van der Waals surface area contributed by atoms with Crippen molar-refractivity contribution >= 4 is 23.3 Å². The summed E-state index contributed by atoms with van der Waals surface area (Å²) in [5.74, 6) is -0.404. The summed E-state index contributed by atoms with van der Waals surface area (Å²) >= 11 is 0. The van der Waals surface area contributed by atoms with E-state index in [9.17, 15) is 9.59 Å². The van der Waals surface area contributed by atoms with Crippen LogP contribution in [0.2, 0.25) is 0 Å². The van der Waals surface area contributed by atoms with Gasteiger partial charge in [-0.05, 0) is 38.1 Å². The summed E-state index contributed by atoms with van der Waals surface area (Å²) in [7, 11) is 0. The lowest BCUT2D eigenvalue weighted by atomic mass is 10.2. The Morgan fingerprint density at radius 2 is 1.78 bits per heavy atom. The first-order valence-corrected chi connectivity index (χ1v) is 5.83. The van der Waals surface area contributed by atoms with Crippen LogP contribution in [0.15, 0.2) is 24.3 Å². The van der Waals surface area contributed by atoms with Crippen molar-refractivity contribution in [3.8, 4) is 0 Å². The molecule has 1 unspecified atom stereocenters. The van der Waals surface area contributed by atoms with E-state index >= 15 is 0 Å².